The molecule has 0 saturated carbocycles. The number of fused-ring (bicyclic) bond motifs is 1. The number of hydrogen-bond donors (Lipinski definition) is 1. The van der Waals surface area contributed by atoms with Crippen molar-refractivity contribution in [1.29, 1.82) is 0 Å². The number of rotatable bonds is 1. The summed E-state index contributed by atoms with van der Waals surface area (Å²) in [5.41, 5.74) is 0.528. The number of imidazole rings is 1. The van der Waals surface area contributed by atoms with Crippen molar-refractivity contribution in [2.75, 3.05) is 31.2 Å². The summed E-state index contributed by atoms with van der Waals surface area (Å²) >= 11 is 0. The van der Waals surface area contributed by atoms with Gasteiger partial charge in [0.2, 0.25) is 5.82 Å². The lowest BCUT2D eigenvalue weighted by Crippen LogP contribution is -2.28. The van der Waals surface area contributed by atoms with Gasteiger partial charge >= 0.3 is 6.18 Å². The molecule has 0 radical (unpaired) electrons. The van der Waals surface area contributed by atoms with Crippen LogP contribution in [0.5, 0.6) is 0 Å². The molecule has 1 atom stereocenters. The molecule has 0 aromatic carbocycles. The van der Waals surface area contributed by atoms with Gasteiger partial charge in [-0.3, -0.25) is 0 Å². The van der Waals surface area contributed by atoms with Gasteiger partial charge in [-0.25, -0.2) is 15.0 Å². The Labute approximate surface area is 123 Å². The third kappa shape index (κ3) is 2.11. The maximum atomic E-state index is 13.0. The lowest BCUT2D eigenvalue weighted by atomic mass is 9.87. The van der Waals surface area contributed by atoms with Crippen molar-refractivity contribution in [2.45, 2.75) is 19.0 Å². The maximum Gasteiger partial charge on any atom is 0.451 e. The Morgan fingerprint density at radius 1 is 1.27 bits per heavy atom. The summed E-state index contributed by atoms with van der Waals surface area (Å²) in [5.74, 6) is -0.871. The molecule has 0 aliphatic carbocycles. The van der Waals surface area contributed by atoms with Gasteiger partial charge in [0.1, 0.15) is 5.52 Å². The summed E-state index contributed by atoms with van der Waals surface area (Å²) < 4.78 is 44.4. The smallest absolute Gasteiger partial charge is 0.381 e. The van der Waals surface area contributed by atoms with Crippen LogP contribution in [-0.2, 0) is 10.9 Å². The minimum absolute atomic E-state index is 0.0374. The van der Waals surface area contributed by atoms with E-state index >= 15 is 0 Å². The topological polar surface area (TPSA) is 66.9 Å². The third-order valence-corrected chi connectivity index (χ3v) is 4.44. The summed E-state index contributed by atoms with van der Waals surface area (Å²) in [6.07, 6.45) is -1.41. The molecule has 2 aliphatic rings. The van der Waals surface area contributed by atoms with Gasteiger partial charge in [0, 0.05) is 25.1 Å². The second-order valence-corrected chi connectivity index (χ2v) is 5.94. The van der Waals surface area contributed by atoms with Crippen LogP contribution in [0.2, 0.25) is 0 Å². The molecule has 2 aliphatic heterocycles. The standard InChI is InChI=1S/C13H14F3N5O/c14-13(15,16)11-19-9-8(17-7-18-9)10(20-11)21-3-1-12(5-21)2-4-22-6-12/h7H,1-6H2,(H,17,18,19,20)/t12-/m0/s1. The Morgan fingerprint density at radius 3 is 2.86 bits per heavy atom. The lowest BCUT2D eigenvalue weighted by Gasteiger charge is -2.23. The Balaban J connectivity index is 1.76. The van der Waals surface area contributed by atoms with Crippen molar-refractivity contribution in [2.24, 2.45) is 5.41 Å². The van der Waals surface area contributed by atoms with Crippen molar-refractivity contribution in [3.8, 4) is 0 Å². The molecule has 1 spiro atoms. The summed E-state index contributed by atoms with van der Waals surface area (Å²) in [6.45, 7) is 2.68. The van der Waals surface area contributed by atoms with E-state index < -0.39 is 12.0 Å². The highest BCUT2D eigenvalue weighted by Crippen LogP contribution is 2.41. The number of H-pyrrole nitrogens is 1. The Kier molecular flexibility index (Phi) is 2.84. The zero-order valence-corrected chi connectivity index (χ0v) is 11.7. The largest absolute Gasteiger partial charge is 0.451 e. The summed E-state index contributed by atoms with van der Waals surface area (Å²) in [6, 6.07) is 0. The van der Waals surface area contributed by atoms with Crippen molar-refractivity contribution in [1.82, 2.24) is 19.9 Å². The molecule has 4 rings (SSSR count). The minimum Gasteiger partial charge on any atom is -0.381 e. The molecule has 0 amide bonds. The number of alkyl halides is 3. The first kappa shape index (κ1) is 13.7. The van der Waals surface area contributed by atoms with Gasteiger partial charge < -0.3 is 14.6 Å². The molecule has 4 heterocycles. The quantitative estimate of drug-likeness (QED) is 0.872. The van der Waals surface area contributed by atoms with Crippen molar-refractivity contribution in [3.05, 3.63) is 12.2 Å². The van der Waals surface area contributed by atoms with E-state index in [0.29, 0.717) is 31.8 Å². The molecule has 6 nitrogen and oxygen atoms in total. The predicted molar refractivity (Wildman–Crippen MR) is 71.4 cm³/mol. The average molecular weight is 313 g/mol. The van der Waals surface area contributed by atoms with Crippen molar-refractivity contribution in [3.63, 3.8) is 0 Å². The van der Waals surface area contributed by atoms with Crippen LogP contribution in [0.4, 0.5) is 19.0 Å². The highest BCUT2D eigenvalue weighted by atomic mass is 19.4. The van der Waals surface area contributed by atoms with Gasteiger partial charge in [-0.1, -0.05) is 0 Å². The van der Waals surface area contributed by atoms with Gasteiger partial charge in [0.25, 0.3) is 0 Å². The SMILES string of the molecule is FC(F)(F)c1nc(N2CC[C@]3(CCOC3)C2)c2[nH]cnc2n1. The van der Waals surface area contributed by atoms with Crippen molar-refractivity contribution < 1.29 is 17.9 Å². The van der Waals surface area contributed by atoms with E-state index in [1.807, 2.05) is 4.90 Å². The first-order valence-corrected chi connectivity index (χ1v) is 7.08. The fourth-order valence-corrected chi connectivity index (χ4v) is 3.26. The highest BCUT2D eigenvalue weighted by molar-refractivity contribution is 5.83. The van der Waals surface area contributed by atoms with Gasteiger partial charge in [0.05, 0.1) is 12.9 Å². The number of nitrogens with zero attached hydrogens (tertiary/aromatic N) is 4. The molecule has 2 fully saturated rings. The summed E-state index contributed by atoms with van der Waals surface area (Å²) in [7, 11) is 0. The molecule has 1 N–H and O–H groups in total. The Bertz CT molecular complexity index is 707. The predicted octanol–water partition coefficient (Wildman–Crippen LogP) is 1.99. The highest BCUT2D eigenvalue weighted by Gasteiger charge is 2.43. The number of hydrogen-bond acceptors (Lipinski definition) is 5. The minimum atomic E-state index is -4.59. The summed E-state index contributed by atoms with van der Waals surface area (Å²) in [4.78, 5) is 15.8. The fourth-order valence-electron chi connectivity index (χ4n) is 3.26. The van der Waals surface area contributed by atoms with Crippen LogP contribution in [0.3, 0.4) is 0 Å². The first-order chi connectivity index (χ1) is 10.5. The zero-order valence-electron chi connectivity index (χ0n) is 11.7. The molecule has 0 bridgehead atoms. The Morgan fingerprint density at radius 2 is 2.14 bits per heavy atom. The average Bonchev–Trinajstić information content (AvgIpc) is 3.19. The van der Waals surface area contributed by atoms with Crippen LogP contribution in [0.15, 0.2) is 6.33 Å². The van der Waals surface area contributed by atoms with Gasteiger partial charge in [-0.05, 0) is 12.8 Å². The van der Waals surface area contributed by atoms with Crippen LogP contribution in [0, 0.1) is 5.41 Å². The first-order valence-electron chi connectivity index (χ1n) is 7.08. The van der Waals surface area contributed by atoms with E-state index in [1.165, 1.54) is 6.33 Å². The number of ether oxygens (including phenoxy) is 1. The molecule has 2 saturated heterocycles. The van der Waals surface area contributed by atoms with Gasteiger partial charge in [0.15, 0.2) is 11.5 Å². The lowest BCUT2D eigenvalue weighted by molar-refractivity contribution is -0.144. The van der Waals surface area contributed by atoms with E-state index in [0.717, 1.165) is 12.8 Å². The van der Waals surface area contributed by atoms with Crippen LogP contribution in [0.1, 0.15) is 18.7 Å². The fraction of sp³-hybridized carbons (Fsp3) is 0.615. The van der Waals surface area contributed by atoms with E-state index in [-0.39, 0.29) is 16.9 Å². The number of anilines is 1. The van der Waals surface area contributed by atoms with Crippen LogP contribution in [-0.4, -0.2) is 46.2 Å². The van der Waals surface area contributed by atoms with Crippen LogP contribution < -0.4 is 4.90 Å². The second kappa shape index (κ2) is 4.55. The molecule has 2 aromatic heterocycles. The third-order valence-electron chi connectivity index (χ3n) is 4.44. The molecule has 2 aromatic rings. The Hall–Kier alpha value is -1.90. The number of nitrogens with one attached hydrogen (secondary N) is 1. The number of aromatic nitrogens is 4. The van der Waals surface area contributed by atoms with E-state index in [2.05, 4.69) is 19.9 Å². The molecule has 9 heteroatoms. The van der Waals surface area contributed by atoms with Gasteiger partial charge in [-0.15, -0.1) is 0 Å². The van der Waals surface area contributed by atoms with Crippen LogP contribution in [0.25, 0.3) is 11.2 Å². The molecular formula is C13H14F3N5O. The van der Waals surface area contributed by atoms with E-state index in [4.69, 9.17) is 4.74 Å². The monoisotopic (exact) mass is 313 g/mol. The second-order valence-electron chi connectivity index (χ2n) is 5.94. The van der Waals surface area contributed by atoms with E-state index in [9.17, 15) is 13.2 Å². The van der Waals surface area contributed by atoms with Crippen molar-refractivity contribution >= 4 is 17.0 Å². The van der Waals surface area contributed by atoms with Gasteiger partial charge in [-0.2, -0.15) is 13.2 Å². The number of halogens is 3. The molecule has 118 valence electrons. The molecule has 22 heavy (non-hydrogen) atoms. The van der Waals surface area contributed by atoms with E-state index in [1.54, 1.807) is 0 Å². The zero-order chi connectivity index (χ0) is 15.4. The number of aromatic amines is 1. The maximum absolute atomic E-state index is 13.0. The molecular weight excluding hydrogens is 299 g/mol. The summed E-state index contributed by atoms with van der Waals surface area (Å²) in [5, 5.41) is 0. The molecule has 0 unspecified atom stereocenters. The van der Waals surface area contributed by atoms with Crippen LogP contribution >= 0.6 is 0 Å². The normalized spacial score (nSPS) is 25.7.